The average molecular weight is 236 g/mol. The molecule has 0 spiro atoms. The van der Waals surface area contributed by atoms with Crippen molar-refractivity contribution in [2.24, 2.45) is 5.92 Å². The van der Waals surface area contributed by atoms with Crippen LogP contribution in [0.5, 0.6) is 5.75 Å². The lowest BCUT2D eigenvalue weighted by molar-refractivity contribution is -0.384. The molecule has 0 bridgehead atoms. The van der Waals surface area contributed by atoms with Crippen molar-refractivity contribution in [1.82, 2.24) is 0 Å². The third-order valence-corrected chi connectivity index (χ3v) is 3.14. The lowest BCUT2D eigenvalue weighted by Crippen LogP contribution is -2.05. The Morgan fingerprint density at radius 1 is 1.53 bits per heavy atom. The summed E-state index contributed by atoms with van der Waals surface area (Å²) in [5.74, 6) is 1.20. The summed E-state index contributed by atoms with van der Waals surface area (Å²) in [7, 11) is 1.51. The van der Waals surface area contributed by atoms with E-state index in [4.69, 9.17) is 4.74 Å². The minimum absolute atomic E-state index is 0.0561. The normalized spacial score (nSPS) is 22.0. The Morgan fingerprint density at radius 3 is 2.82 bits per heavy atom. The molecule has 2 atom stereocenters. The number of methoxy groups -OCH3 is 1. The molecule has 5 heteroatoms. The van der Waals surface area contributed by atoms with Gasteiger partial charge in [-0.05, 0) is 12.3 Å². The highest BCUT2D eigenvalue weighted by atomic mass is 16.6. The van der Waals surface area contributed by atoms with E-state index in [9.17, 15) is 10.1 Å². The van der Waals surface area contributed by atoms with Crippen LogP contribution in [-0.4, -0.2) is 18.1 Å². The van der Waals surface area contributed by atoms with Crippen molar-refractivity contribution < 1.29 is 9.66 Å². The zero-order valence-corrected chi connectivity index (χ0v) is 9.97. The summed E-state index contributed by atoms with van der Waals surface area (Å²) < 4.78 is 5.06. The largest absolute Gasteiger partial charge is 0.496 e. The van der Waals surface area contributed by atoms with E-state index in [1.807, 2.05) is 0 Å². The minimum atomic E-state index is -0.405. The summed E-state index contributed by atoms with van der Waals surface area (Å²) in [5.41, 5.74) is 0.817. The van der Waals surface area contributed by atoms with E-state index in [1.165, 1.54) is 13.2 Å². The Kier molecular flexibility index (Phi) is 3.17. The topological polar surface area (TPSA) is 64.4 Å². The number of benzene rings is 1. The van der Waals surface area contributed by atoms with Crippen LogP contribution in [0.3, 0.4) is 0 Å². The minimum Gasteiger partial charge on any atom is -0.496 e. The molecule has 1 N–H and O–H groups in total. The van der Waals surface area contributed by atoms with Gasteiger partial charge in [-0.15, -0.1) is 0 Å². The van der Waals surface area contributed by atoms with Crippen LogP contribution in [0.2, 0.25) is 0 Å². The molecule has 17 heavy (non-hydrogen) atoms. The summed E-state index contributed by atoms with van der Waals surface area (Å²) in [6.45, 7) is 2.15. The molecule has 5 nitrogen and oxygen atoms in total. The number of rotatable bonds is 5. The maximum atomic E-state index is 10.8. The predicted molar refractivity (Wildman–Crippen MR) is 65.5 cm³/mol. The van der Waals surface area contributed by atoms with Crippen LogP contribution >= 0.6 is 0 Å². The van der Waals surface area contributed by atoms with E-state index < -0.39 is 4.92 Å². The zero-order chi connectivity index (χ0) is 12.4. The number of hydrogen-bond donors (Lipinski definition) is 1. The summed E-state index contributed by atoms with van der Waals surface area (Å²) in [6, 6.07) is 5.22. The molecule has 0 amide bonds. The quantitative estimate of drug-likeness (QED) is 0.630. The van der Waals surface area contributed by atoms with Gasteiger partial charge in [0.05, 0.1) is 18.1 Å². The number of nitro groups is 1. The highest BCUT2D eigenvalue weighted by Crippen LogP contribution is 2.37. The van der Waals surface area contributed by atoms with E-state index >= 15 is 0 Å². The summed E-state index contributed by atoms with van der Waals surface area (Å²) in [6.07, 6.45) is 2.28. The van der Waals surface area contributed by atoms with Crippen LogP contribution in [0.25, 0.3) is 0 Å². The van der Waals surface area contributed by atoms with Gasteiger partial charge in [0.15, 0.2) is 0 Å². The second-order valence-corrected chi connectivity index (χ2v) is 4.33. The molecule has 2 unspecified atom stereocenters. The van der Waals surface area contributed by atoms with Crippen molar-refractivity contribution in [3.63, 3.8) is 0 Å². The average Bonchev–Trinajstić information content (AvgIpc) is 3.06. The second-order valence-electron chi connectivity index (χ2n) is 4.33. The molecule has 2 rings (SSSR count). The van der Waals surface area contributed by atoms with Crippen molar-refractivity contribution in [2.45, 2.75) is 25.8 Å². The molecule has 0 saturated heterocycles. The van der Waals surface area contributed by atoms with Crippen molar-refractivity contribution in [3.05, 3.63) is 28.3 Å². The molecule has 1 aliphatic carbocycles. The summed E-state index contributed by atoms with van der Waals surface area (Å²) >= 11 is 0. The molecular weight excluding hydrogens is 220 g/mol. The third-order valence-electron chi connectivity index (χ3n) is 3.14. The van der Waals surface area contributed by atoms with Crippen LogP contribution in [0.1, 0.15) is 19.8 Å². The van der Waals surface area contributed by atoms with Gasteiger partial charge in [-0.2, -0.15) is 0 Å². The molecule has 1 fully saturated rings. The highest BCUT2D eigenvalue weighted by Gasteiger charge is 2.35. The van der Waals surface area contributed by atoms with Gasteiger partial charge in [0, 0.05) is 23.9 Å². The fourth-order valence-corrected chi connectivity index (χ4v) is 1.98. The standard InChI is InChI=1S/C12H16N2O3/c1-3-8-4-12(8)13-9-5-10(14(15)16)7-11(6-9)17-2/h5-8,12-13H,3-4H2,1-2H3. The first kappa shape index (κ1) is 11.7. The van der Waals surface area contributed by atoms with Crippen molar-refractivity contribution >= 4 is 11.4 Å². The van der Waals surface area contributed by atoms with Gasteiger partial charge in [0.25, 0.3) is 5.69 Å². The van der Waals surface area contributed by atoms with E-state index in [0.717, 1.165) is 18.5 Å². The maximum Gasteiger partial charge on any atom is 0.275 e. The summed E-state index contributed by atoms with van der Waals surface area (Å²) in [4.78, 5) is 10.4. The van der Waals surface area contributed by atoms with Gasteiger partial charge in [-0.3, -0.25) is 10.1 Å². The Balaban J connectivity index is 2.15. The Hall–Kier alpha value is -1.78. The smallest absolute Gasteiger partial charge is 0.275 e. The molecule has 0 aliphatic heterocycles. The monoisotopic (exact) mass is 236 g/mol. The third kappa shape index (κ3) is 2.67. The molecule has 92 valence electrons. The SMILES string of the molecule is CCC1CC1Nc1cc(OC)cc([N+](=O)[O-])c1. The molecule has 0 heterocycles. The van der Waals surface area contributed by atoms with Crippen molar-refractivity contribution in [1.29, 1.82) is 0 Å². The molecule has 1 saturated carbocycles. The van der Waals surface area contributed by atoms with Crippen LogP contribution < -0.4 is 10.1 Å². The summed E-state index contributed by atoms with van der Waals surface area (Å²) in [5, 5.41) is 14.1. The molecule has 1 aromatic carbocycles. The number of ether oxygens (including phenoxy) is 1. The fraction of sp³-hybridized carbons (Fsp3) is 0.500. The highest BCUT2D eigenvalue weighted by molar-refractivity contribution is 5.57. The van der Waals surface area contributed by atoms with Gasteiger partial charge in [0.1, 0.15) is 5.75 Å². The first-order valence-electron chi connectivity index (χ1n) is 5.74. The van der Waals surface area contributed by atoms with Crippen LogP contribution in [-0.2, 0) is 0 Å². The number of non-ortho nitro benzene ring substituents is 1. The number of anilines is 1. The van der Waals surface area contributed by atoms with Gasteiger partial charge in [-0.1, -0.05) is 13.3 Å². The molecule has 0 aromatic heterocycles. The molecule has 1 aromatic rings. The van der Waals surface area contributed by atoms with Gasteiger partial charge >= 0.3 is 0 Å². The number of nitrogens with zero attached hydrogens (tertiary/aromatic N) is 1. The predicted octanol–water partition coefficient (Wildman–Crippen LogP) is 2.81. The first-order chi connectivity index (χ1) is 8.13. The Morgan fingerprint density at radius 2 is 2.29 bits per heavy atom. The lowest BCUT2D eigenvalue weighted by Gasteiger charge is -2.07. The fourth-order valence-electron chi connectivity index (χ4n) is 1.98. The Labute approximate surface area is 99.9 Å². The van der Waals surface area contributed by atoms with E-state index in [-0.39, 0.29) is 5.69 Å². The van der Waals surface area contributed by atoms with Crippen LogP contribution in [0.4, 0.5) is 11.4 Å². The maximum absolute atomic E-state index is 10.8. The van der Waals surface area contributed by atoms with E-state index in [1.54, 1.807) is 12.1 Å². The first-order valence-corrected chi connectivity index (χ1v) is 5.74. The second kappa shape index (κ2) is 4.61. The Bertz CT molecular complexity index is 434. The van der Waals surface area contributed by atoms with Gasteiger partial charge < -0.3 is 10.1 Å². The number of nitrogens with one attached hydrogen (secondary N) is 1. The van der Waals surface area contributed by atoms with E-state index in [2.05, 4.69) is 12.2 Å². The lowest BCUT2D eigenvalue weighted by atomic mass is 10.2. The van der Waals surface area contributed by atoms with Crippen LogP contribution in [0.15, 0.2) is 18.2 Å². The molecule has 1 aliphatic rings. The van der Waals surface area contributed by atoms with Crippen LogP contribution in [0, 0.1) is 16.0 Å². The van der Waals surface area contributed by atoms with E-state index in [0.29, 0.717) is 17.7 Å². The zero-order valence-electron chi connectivity index (χ0n) is 9.97. The van der Waals surface area contributed by atoms with Crippen molar-refractivity contribution in [3.8, 4) is 5.75 Å². The van der Waals surface area contributed by atoms with Gasteiger partial charge in [-0.25, -0.2) is 0 Å². The molecular formula is C12H16N2O3. The molecule has 0 radical (unpaired) electrons. The number of nitro benzene ring substituents is 1. The number of hydrogen-bond acceptors (Lipinski definition) is 4. The van der Waals surface area contributed by atoms with Gasteiger partial charge in [0.2, 0.25) is 0 Å². The van der Waals surface area contributed by atoms with Crippen molar-refractivity contribution in [2.75, 3.05) is 12.4 Å².